The number of carboxylic acids is 1. The monoisotopic (exact) mass is 188 g/mol. The first-order chi connectivity index (χ1) is 6.16. The summed E-state index contributed by atoms with van der Waals surface area (Å²) >= 11 is 0. The first-order valence-electron chi connectivity index (χ1n) is 4.39. The second kappa shape index (κ2) is 7.73. The average Bonchev–Trinajstić information content (AvgIpc) is 2.09. The lowest BCUT2D eigenvalue weighted by Crippen LogP contribution is -2.03. The van der Waals surface area contributed by atoms with Crippen molar-refractivity contribution in [3.63, 3.8) is 0 Å². The molecule has 0 radical (unpaired) electrons. The normalized spacial score (nSPS) is 9.92. The van der Waals surface area contributed by atoms with E-state index in [1.165, 1.54) is 0 Å². The van der Waals surface area contributed by atoms with Gasteiger partial charge in [0.15, 0.2) is 0 Å². The molecule has 0 spiro atoms. The second-order valence-electron chi connectivity index (χ2n) is 2.88. The fraction of sp³-hybridized carbons (Fsp3) is 0.778. The highest BCUT2D eigenvalue weighted by Crippen LogP contribution is 2.01. The summed E-state index contributed by atoms with van der Waals surface area (Å²) in [7, 11) is 1.62. The average molecular weight is 188 g/mol. The quantitative estimate of drug-likeness (QED) is 0.582. The van der Waals surface area contributed by atoms with Gasteiger partial charge in [0, 0.05) is 26.6 Å². The summed E-state index contributed by atoms with van der Waals surface area (Å²) in [5.74, 6) is -0.885. The maximum absolute atomic E-state index is 11.0. The van der Waals surface area contributed by atoms with E-state index in [9.17, 15) is 9.59 Å². The van der Waals surface area contributed by atoms with Crippen LogP contribution < -0.4 is 0 Å². The van der Waals surface area contributed by atoms with Crippen LogP contribution in [0.4, 0.5) is 0 Å². The number of aliphatic carboxylic acids is 1. The minimum atomic E-state index is -0.912. The Labute approximate surface area is 77.9 Å². The third kappa shape index (κ3) is 9.01. The first kappa shape index (κ1) is 12.1. The molecule has 4 nitrogen and oxygen atoms in total. The first-order valence-corrected chi connectivity index (χ1v) is 4.39. The van der Waals surface area contributed by atoms with E-state index >= 15 is 0 Å². The Bertz CT molecular complexity index is 165. The fourth-order valence-corrected chi connectivity index (χ4v) is 0.940. The van der Waals surface area contributed by atoms with Gasteiger partial charge in [-0.2, -0.15) is 0 Å². The molecule has 0 saturated carbocycles. The lowest BCUT2D eigenvalue weighted by molar-refractivity contribution is -0.138. The number of carbonyl (C=O) groups is 2. The van der Waals surface area contributed by atoms with E-state index in [4.69, 9.17) is 9.84 Å². The van der Waals surface area contributed by atoms with Gasteiger partial charge in [0.25, 0.3) is 0 Å². The molecule has 0 bridgehead atoms. The van der Waals surface area contributed by atoms with Crippen LogP contribution in [0.3, 0.4) is 0 Å². The molecule has 1 N–H and O–H groups in total. The highest BCUT2D eigenvalue weighted by Gasteiger charge is 2.04. The summed E-state index contributed by atoms with van der Waals surface area (Å²) in [5.41, 5.74) is 0. The Kier molecular flexibility index (Phi) is 7.20. The number of Topliss-reactive ketones (excluding diaryl/α,β-unsaturated/α-hetero) is 1. The van der Waals surface area contributed by atoms with Crippen molar-refractivity contribution in [2.45, 2.75) is 32.1 Å². The van der Waals surface area contributed by atoms with Crippen LogP contribution in [0.2, 0.25) is 0 Å². The van der Waals surface area contributed by atoms with E-state index < -0.39 is 5.97 Å². The van der Waals surface area contributed by atoms with Crippen molar-refractivity contribution in [3.05, 3.63) is 0 Å². The number of rotatable bonds is 8. The molecule has 0 aromatic rings. The van der Waals surface area contributed by atoms with E-state index in [0.717, 1.165) is 12.8 Å². The zero-order valence-corrected chi connectivity index (χ0v) is 7.91. The Morgan fingerprint density at radius 2 is 1.85 bits per heavy atom. The number of ketones is 1. The summed E-state index contributed by atoms with van der Waals surface area (Å²) in [5, 5.41) is 8.30. The molecular formula is C9H16O4. The van der Waals surface area contributed by atoms with Crippen LogP contribution in [0.1, 0.15) is 32.1 Å². The summed E-state index contributed by atoms with van der Waals surface area (Å²) in [4.78, 5) is 21.1. The molecule has 0 fully saturated rings. The molecule has 0 rings (SSSR count). The van der Waals surface area contributed by atoms with Crippen LogP contribution in [0.15, 0.2) is 0 Å². The minimum Gasteiger partial charge on any atom is -0.481 e. The van der Waals surface area contributed by atoms with Crippen LogP contribution in [-0.2, 0) is 14.3 Å². The van der Waals surface area contributed by atoms with Gasteiger partial charge in [0.2, 0.25) is 0 Å². The molecule has 0 aliphatic heterocycles. The predicted octanol–water partition coefficient (Wildman–Crippen LogP) is 1.24. The SMILES string of the molecule is COCCCCC(=O)CCC(=O)O. The van der Waals surface area contributed by atoms with Crippen molar-refractivity contribution in [2.24, 2.45) is 0 Å². The largest absolute Gasteiger partial charge is 0.481 e. The number of hydrogen-bond donors (Lipinski definition) is 1. The topological polar surface area (TPSA) is 63.6 Å². The van der Waals surface area contributed by atoms with Crippen LogP contribution >= 0.6 is 0 Å². The van der Waals surface area contributed by atoms with E-state index in [1.807, 2.05) is 0 Å². The van der Waals surface area contributed by atoms with Gasteiger partial charge in [0.1, 0.15) is 5.78 Å². The maximum atomic E-state index is 11.0. The Morgan fingerprint density at radius 1 is 1.15 bits per heavy atom. The van der Waals surface area contributed by atoms with Gasteiger partial charge in [-0.15, -0.1) is 0 Å². The van der Waals surface area contributed by atoms with Gasteiger partial charge in [-0.1, -0.05) is 0 Å². The molecule has 0 aliphatic carbocycles. The van der Waals surface area contributed by atoms with Crippen LogP contribution in [0.25, 0.3) is 0 Å². The van der Waals surface area contributed by atoms with Gasteiger partial charge < -0.3 is 9.84 Å². The highest BCUT2D eigenvalue weighted by atomic mass is 16.5. The van der Waals surface area contributed by atoms with Crippen LogP contribution in [0, 0.1) is 0 Å². The number of carboxylic acid groups (broad SMARTS) is 1. The lowest BCUT2D eigenvalue weighted by Gasteiger charge is -1.98. The summed E-state index contributed by atoms with van der Waals surface area (Å²) < 4.78 is 4.82. The van der Waals surface area contributed by atoms with Gasteiger partial charge in [-0.05, 0) is 12.8 Å². The molecule has 0 atom stereocenters. The highest BCUT2D eigenvalue weighted by molar-refractivity contribution is 5.82. The zero-order valence-electron chi connectivity index (χ0n) is 7.91. The van der Waals surface area contributed by atoms with Crippen molar-refractivity contribution >= 4 is 11.8 Å². The lowest BCUT2D eigenvalue weighted by atomic mass is 10.1. The predicted molar refractivity (Wildman–Crippen MR) is 47.6 cm³/mol. The smallest absolute Gasteiger partial charge is 0.303 e. The third-order valence-corrected chi connectivity index (χ3v) is 1.67. The minimum absolute atomic E-state index is 0.0264. The molecule has 0 saturated heterocycles. The van der Waals surface area contributed by atoms with E-state index in [2.05, 4.69) is 0 Å². The molecule has 0 aromatic heterocycles. The Balaban J connectivity index is 3.25. The number of unbranched alkanes of at least 4 members (excludes halogenated alkanes) is 1. The number of methoxy groups -OCH3 is 1. The summed E-state index contributed by atoms with van der Waals surface area (Å²) in [6.07, 6.45) is 2.21. The van der Waals surface area contributed by atoms with Gasteiger partial charge in [0.05, 0.1) is 6.42 Å². The zero-order chi connectivity index (χ0) is 10.1. The van der Waals surface area contributed by atoms with Crippen LogP contribution in [0.5, 0.6) is 0 Å². The molecule has 0 heterocycles. The third-order valence-electron chi connectivity index (χ3n) is 1.67. The summed E-state index contributed by atoms with van der Waals surface area (Å²) in [6, 6.07) is 0. The standard InChI is InChI=1S/C9H16O4/c1-13-7-3-2-4-8(10)5-6-9(11)12/h2-7H2,1H3,(H,11,12). The van der Waals surface area contributed by atoms with Crippen LogP contribution in [-0.4, -0.2) is 30.6 Å². The molecule has 13 heavy (non-hydrogen) atoms. The van der Waals surface area contributed by atoms with E-state index in [1.54, 1.807) is 7.11 Å². The van der Waals surface area contributed by atoms with Gasteiger partial charge in [-0.25, -0.2) is 0 Å². The van der Waals surface area contributed by atoms with E-state index in [-0.39, 0.29) is 18.6 Å². The molecule has 4 heteroatoms. The number of carbonyl (C=O) groups excluding carboxylic acids is 1. The number of ether oxygens (including phenoxy) is 1. The van der Waals surface area contributed by atoms with Gasteiger partial charge >= 0.3 is 5.97 Å². The van der Waals surface area contributed by atoms with Crippen molar-refractivity contribution in [1.29, 1.82) is 0 Å². The molecule has 0 aromatic carbocycles. The van der Waals surface area contributed by atoms with Crippen molar-refractivity contribution < 1.29 is 19.4 Å². The number of hydrogen-bond acceptors (Lipinski definition) is 3. The molecule has 0 unspecified atom stereocenters. The Morgan fingerprint density at radius 3 is 2.38 bits per heavy atom. The molecule has 76 valence electrons. The van der Waals surface area contributed by atoms with Crippen molar-refractivity contribution in [1.82, 2.24) is 0 Å². The molecular weight excluding hydrogens is 172 g/mol. The summed E-state index contributed by atoms with van der Waals surface area (Å²) in [6.45, 7) is 0.659. The second-order valence-corrected chi connectivity index (χ2v) is 2.88. The molecule has 0 aliphatic rings. The van der Waals surface area contributed by atoms with Gasteiger partial charge in [-0.3, -0.25) is 9.59 Å². The van der Waals surface area contributed by atoms with Crippen molar-refractivity contribution in [3.8, 4) is 0 Å². The fourth-order valence-electron chi connectivity index (χ4n) is 0.940. The maximum Gasteiger partial charge on any atom is 0.303 e. The van der Waals surface area contributed by atoms with E-state index in [0.29, 0.717) is 13.0 Å². The molecule has 0 amide bonds. The Hall–Kier alpha value is -0.900. The van der Waals surface area contributed by atoms with Crippen molar-refractivity contribution in [2.75, 3.05) is 13.7 Å².